The number of piperidine rings is 1. The maximum Gasteiger partial charge on any atom is 0.188 e. The Morgan fingerprint density at radius 1 is 1.15 bits per heavy atom. The Labute approximate surface area is 159 Å². The van der Waals surface area contributed by atoms with E-state index in [1.54, 1.807) is 0 Å². The third-order valence-corrected chi connectivity index (χ3v) is 5.13. The topological polar surface area (TPSA) is 61.0 Å². The number of rotatable bonds is 6. The summed E-state index contributed by atoms with van der Waals surface area (Å²) in [7, 11) is 2.17. The minimum absolute atomic E-state index is 0.375. The van der Waals surface area contributed by atoms with Gasteiger partial charge in [-0.05, 0) is 52.0 Å². The zero-order valence-electron chi connectivity index (χ0n) is 16.0. The molecule has 7 nitrogen and oxygen atoms in total. The van der Waals surface area contributed by atoms with Crippen molar-refractivity contribution in [3.63, 3.8) is 0 Å². The number of aryl methyl sites for hydroxylation is 1. The van der Waals surface area contributed by atoms with Gasteiger partial charge in [-0.1, -0.05) is 18.2 Å². The summed E-state index contributed by atoms with van der Waals surface area (Å²) in [5.74, 6) is 3.51. The molecule has 1 saturated heterocycles. The lowest BCUT2D eigenvalue weighted by molar-refractivity contribution is 0.207. The first-order valence-electron chi connectivity index (χ1n) is 9.47. The third-order valence-electron chi connectivity index (χ3n) is 5.13. The van der Waals surface area contributed by atoms with Gasteiger partial charge in [0.05, 0.1) is 12.6 Å². The van der Waals surface area contributed by atoms with Crippen molar-refractivity contribution in [1.29, 1.82) is 0 Å². The van der Waals surface area contributed by atoms with Crippen LogP contribution < -0.4 is 4.74 Å². The standard InChI is InChI=1S/C20H26N6O/c1-16-21-10-13-25(16)14-20-22-19(15-27-18-6-4-3-5-7-18)23-26(20)17-8-11-24(2)12-9-17/h3-7,10,13,17H,8-9,11-12,14-15H2,1-2H3. The summed E-state index contributed by atoms with van der Waals surface area (Å²) in [6.07, 6.45) is 6.00. The number of hydrogen-bond donors (Lipinski definition) is 0. The van der Waals surface area contributed by atoms with E-state index >= 15 is 0 Å². The van der Waals surface area contributed by atoms with Crippen LogP contribution in [-0.2, 0) is 13.2 Å². The van der Waals surface area contributed by atoms with Crippen LogP contribution in [0.1, 0.15) is 36.4 Å². The van der Waals surface area contributed by atoms with Crippen LogP contribution in [-0.4, -0.2) is 49.4 Å². The fourth-order valence-corrected chi connectivity index (χ4v) is 3.49. The molecule has 142 valence electrons. The van der Waals surface area contributed by atoms with Gasteiger partial charge < -0.3 is 14.2 Å². The molecule has 0 N–H and O–H groups in total. The molecule has 0 bridgehead atoms. The predicted molar refractivity (Wildman–Crippen MR) is 103 cm³/mol. The number of ether oxygens (including phenoxy) is 1. The Balaban J connectivity index is 1.55. The Bertz CT molecular complexity index is 864. The minimum Gasteiger partial charge on any atom is -0.486 e. The highest BCUT2D eigenvalue weighted by atomic mass is 16.5. The van der Waals surface area contributed by atoms with Crippen molar-refractivity contribution in [2.45, 2.75) is 39.0 Å². The van der Waals surface area contributed by atoms with Gasteiger partial charge in [0.15, 0.2) is 5.82 Å². The molecule has 0 saturated carbocycles. The van der Waals surface area contributed by atoms with Crippen molar-refractivity contribution < 1.29 is 4.74 Å². The Kier molecular flexibility index (Phi) is 5.20. The summed E-state index contributed by atoms with van der Waals surface area (Å²) in [5.41, 5.74) is 0. The van der Waals surface area contributed by atoms with Crippen LogP contribution >= 0.6 is 0 Å². The number of para-hydroxylation sites is 1. The van der Waals surface area contributed by atoms with E-state index in [-0.39, 0.29) is 0 Å². The van der Waals surface area contributed by atoms with Gasteiger partial charge in [0, 0.05) is 12.4 Å². The van der Waals surface area contributed by atoms with Crippen LogP contribution in [0.25, 0.3) is 0 Å². The van der Waals surface area contributed by atoms with Crippen LogP contribution in [0.2, 0.25) is 0 Å². The Hall–Kier alpha value is -2.67. The molecule has 0 unspecified atom stereocenters. The van der Waals surface area contributed by atoms with Gasteiger partial charge >= 0.3 is 0 Å². The van der Waals surface area contributed by atoms with Crippen molar-refractivity contribution in [3.05, 3.63) is 60.2 Å². The number of likely N-dealkylation sites (tertiary alicyclic amines) is 1. The van der Waals surface area contributed by atoms with E-state index < -0.39 is 0 Å². The van der Waals surface area contributed by atoms with Gasteiger partial charge in [-0.15, -0.1) is 0 Å². The number of benzene rings is 1. The lowest BCUT2D eigenvalue weighted by Crippen LogP contribution is -2.32. The summed E-state index contributed by atoms with van der Waals surface area (Å²) >= 11 is 0. The number of imidazole rings is 1. The Morgan fingerprint density at radius 3 is 2.63 bits per heavy atom. The third kappa shape index (κ3) is 4.19. The second-order valence-electron chi connectivity index (χ2n) is 7.13. The summed E-state index contributed by atoms with van der Waals surface area (Å²) in [6, 6.07) is 10.2. The first-order chi connectivity index (χ1) is 13.2. The maximum absolute atomic E-state index is 5.86. The summed E-state index contributed by atoms with van der Waals surface area (Å²) in [5, 5.41) is 4.81. The average molecular weight is 366 g/mol. The van der Waals surface area contributed by atoms with Crippen LogP contribution in [0.4, 0.5) is 0 Å². The van der Waals surface area contributed by atoms with E-state index in [0.29, 0.717) is 19.2 Å². The zero-order chi connectivity index (χ0) is 18.6. The summed E-state index contributed by atoms with van der Waals surface area (Å²) in [6.45, 7) is 5.24. The molecule has 1 aliphatic rings. The normalized spacial score (nSPS) is 15.9. The van der Waals surface area contributed by atoms with Gasteiger partial charge in [-0.3, -0.25) is 0 Å². The van der Waals surface area contributed by atoms with Crippen LogP contribution in [0.15, 0.2) is 42.7 Å². The van der Waals surface area contributed by atoms with Crippen LogP contribution in [0.3, 0.4) is 0 Å². The molecular formula is C20H26N6O. The molecule has 2 aromatic heterocycles. The van der Waals surface area contributed by atoms with E-state index in [2.05, 4.69) is 26.2 Å². The van der Waals surface area contributed by atoms with Crippen molar-refractivity contribution in [2.75, 3.05) is 20.1 Å². The van der Waals surface area contributed by atoms with Gasteiger partial charge in [0.25, 0.3) is 0 Å². The monoisotopic (exact) mass is 366 g/mol. The van der Waals surface area contributed by atoms with Crippen molar-refractivity contribution >= 4 is 0 Å². The van der Waals surface area contributed by atoms with Crippen molar-refractivity contribution in [1.82, 2.24) is 29.2 Å². The lowest BCUT2D eigenvalue weighted by atomic mass is 10.1. The van der Waals surface area contributed by atoms with Crippen LogP contribution in [0, 0.1) is 6.92 Å². The molecule has 0 atom stereocenters. The fraction of sp³-hybridized carbons (Fsp3) is 0.450. The van der Waals surface area contributed by atoms with Crippen LogP contribution in [0.5, 0.6) is 5.75 Å². The molecule has 1 aromatic carbocycles. The highest BCUT2D eigenvalue weighted by molar-refractivity contribution is 5.21. The van der Waals surface area contributed by atoms with Crippen molar-refractivity contribution in [2.24, 2.45) is 0 Å². The second kappa shape index (κ2) is 7.92. The molecule has 3 aromatic rings. The molecule has 4 rings (SSSR count). The fourth-order valence-electron chi connectivity index (χ4n) is 3.49. The quantitative estimate of drug-likeness (QED) is 0.671. The van der Waals surface area contributed by atoms with Gasteiger partial charge in [-0.2, -0.15) is 5.10 Å². The molecular weight excluding hydrogens is 340 g/mol. The molecule has 7 heteroatoms. The number of hydrogen-bond acceptors (Lipinski definition) is 5. The van der Waals surface area contributed by atoms with Gasteiger partial charge in [0.2, 0.25) is 0 Å². The highest BCUT2D eigenvalue weighted by Crippen LogP contribution is 2.23. The average Bonchev–Trinajstić information content (AvgIpc) is 3.28. The Morgan fingerprint density at radius 2 is 1.93 bits per heavy atom. The van der Waals surface area contributed by atoms with Crippen molar-refractivity contribution in [3.8, 4) is 5.75 Å². The minimum atomic E-state index is 0.375. The molecule has 0 amide bonds. The molecule has 1 fully saturated rings. The first kappa shape index (κ1) is 17.7. The first-order valence-corrected chi connectivity index (χ1v) is 9.47. The molecule has 0 radical (unpaired) electrons. The smallest absolute Gasteiger partial charge is 0.188 e. The molecule has 0 aliphatic carbocycles. The zero-order valence-corrected chi connectivity index (χ0v) is 16.0. The molecule has 1 aliphatic heterocycles. The summed E-state index contributed by atoms with van der Waals surface area (Å²) in [4.78, 5) is 11.5. The van der Waals surface area contributed by atoms with E-state index in [0.717, 1.165) is 49.2 Å². The van der Waals surface area contributed by atoms with Gasteiger partial charge in [-0.25, -0.2) is 14.6 Å². The van der Waals surface area contributed by atoms with E-state index in [1.165, 1.54) is 0 Å². The van der Waals surface area contributed by atoms with E-state index in [4.69, 9.17) is 14.8 Å². The SMILES string of the molecule is Cc1nccn1Cc1nc(COc2ccccc2)nn1C1CCN(C)CC1. The molecule has 0 spiro atoms. The second-order valence-corrected chi connectivity index (χ2v) is 7.13. The number of nitrogens with zero attached hydrogens (tertiary/aromatic N) is 6. The lowest BCUT2D eigenvalue weighted by Gasteiger charge is -2.29. The maximum atomic E-state index is 5.86. The van der Waals surface area contributed by atoms with Gasteiger partial charge in [0.1, 0.15) is 24.0 Å². The van der Waals surface area contributed by atoms with E-state index in [9.17, 15) is 0 Å². The largest absolute Gasteiger partial charge is 0.486 e. The summed E-state index contributed by atoms with van der Waals surface area (Å²) < 4.78 is 10.1. The molecule has 27 heavy (non-hydrogen) atoms. The number of aromatic nitrogens is 5. The predicted octanol–water partition coefficient (Wildman–Crippen LogP) is 2.68. The highest BCUT2D eigenvalue weighted by Gasteiger charge is 2.23. The molecule has 3 heterocycles. The van der Waals surface area contributed by atoms with E-state index in [1.807, 2.05) is 49.6 Å².